The molecule has 0 spiro atoms. The number of anilines is 1. The van der Waals surface area contributed by atoms with E-state index in [1.54, 1.807) is 11.8 Å². The van der Waals surface area contributed by atoms with Gasteiger partial charge in [-0.25, -0.2) is 0 Å². The van der Waals surface area contributed by atoms with E-state index in [0.717, 1.165) is 30.7 Å². The molecule has 0 unspecified atom stereocenters. The van der Waals surface area contributed by atoms with Gasteiger partial charge in [0.1, 0.15) is 0 Å². The molecular weight excluding hydrogens is 327 g/mol. The fourth-order valence-electron chi connectivity index (χ4n) is 1.43. The summed E-state index contributed by atoms with van der Waals surface area (Å²) in [6.07, 6.45) is -0.249. The smallest absolute Gasteiger partial charge is 0.384 e. The van der Waals surface area contributed by atoms with Crippen molar-refractivity contribution in [2.45, 2.75) is 19.0 Å². The number of hydrogen-bond acceptors (Lipinski definition) is 2. The number of nitrogens with one attached hydrogen (secondary N) is 1. The number of rotatable bonds is 6. The predicted octanol–water partition coefficient (Wildman–Crippen LogP) is 5.02. The third-order valence-corrected chi connectivity index (χ3v) is 3.77. The Balaban J connectivity index is 2.59. The molecule has 0 saturated heterocycles. The number of halogens is 4. The lowest BCUT2D eigenvalue weighted by Gasteiger charge is -2.12. The van der Waals surface area contributed by atoms with Gasteiger partial charge < -0.3 is 5.32 Å². The highest BCUT2D eigenvalue weighted by atomic mass is 79.9. The summed E-state index contributed by atoms with van der Waals surface area (Å²) in [5.74, 6) is 1.07. The highest BCUT2D eigenvalue weighted by molar-refractivity contribution is 9.10. The van der Waals surface area contributed by atoms with Crippen molar-refractivity contribution in [1.82, 2.24) is 0 Å². The Bertz CT molecular complexity index is 382. The molecule has 0 aliphatic heterocycles. The summed E-state index contributed by atoms with van der Waals surface area (Å²) in [4.78, 5) is 0. The summed E-state index contributed by atoms with van der Waals surface area (Å²) in [5, 5.41) is 3.03. The highest BCUT2D eigenvalue weighted by Crippen LogP contribution is 2.33. The maximum Gasteiger partial charge on any atom is 0.416 e. The van der Waals surface area contributed by atoms with Gasteiger partial charge in [-0.15, -0.1) is 0 Å². The van der Waals surface area contributed by atoms with Crippen molar-refractivity contribution in [2.75, 3.05) is 23.9 Å². The minimum Gasteiger partial charge on any atom is -0.384 e. The lowest BCUT2D eigenvalue weighted by atomic mass is 10.2. The van der Waals surface area contributed by atoms with Crippen LogP contribution in [-0.2, 0) is 6.18 Å². The normalized spacial score (nSPS) is 11.6. The van der Waals surface area contributed by atoms with E-state index in [4.69, 9.17) is 0 Å². The molecule has 0 fully saturated rings. The Morgan fingerprint density at radius 2 is 2.00 bits per heavy atom. The molecule has 1 aromatic carbocycles. The van der Waals surface area contributed by atoms with Gasteiger partial charge in [-0.2, -0.15) is 24.9 Å². The third kappa shape index (κ3) is 5.10. The van der Waals surface area contributed by atoms with Crippen molar-refractivity contribution in [3.05, 3.63) is 28.2 Å². The summed E-state index contributed by atoms with van der Waals surface area (Å²) in [5.41, 5.74) is -0.133. The van der Waals surface area contributed by atoms with Crippen LogP contribution in [0.4, 0.5) is 18.9 Å². The quantitative estimate of drug-likeness (QED) is 0.729. The second-order valence-corrected chi connectivity index (χ2v) is 5.66. The van der Waals surface area contributed by atoms with Gasteiger partial charge in [0.2, 0.25) is 0 Å². The van der Waals surface area contributed by atoms with Gasteiger partial charge in [-0.05, 0) is 59.0 Å². The van der Waals surface area contributed by atoms with Crippen LogP contribution in [0.1, 0.15) is 18.4 Å². The van der Waals surface area contributed by atoms with Crippen molar-refractivity contribution >= 4 is 33.4 Å². The predicted molar refractivity (Wildman–Crippen MR) is 75.2 cm³/mol. The van der Waals surface area contributed by atoms with Crippen LogP contribution in [0.2, 0.25) is 0 Å². The number of alkyl halides is 3. The Hall–Kier alpha value is -0.360. The summed E-state index contributed by atoms with van der Waals surface area (Å²) >= 11 is 5.02. The molecule has 0 radical (unpaired) electrons. The van der Waals surface area contributed by atoms with E-state index in [1.807, 2.05) is 6.26 Å². The second-order valence-electron chi connectivity index (χ2n) is 3.82. The molecular formula is C12H15BrF3NS. The minimum atomic E-state index is -4.30. The van der Waals surface area contributed by atoms with Crippen LogP contribution >= 0.6 is 27.7 Å². The zero-order valence-corrected chi connectivity index (χ0v) is 12.4. The Morgan fingerprint density at radius 3 is 2.61 bits per heavy atom. The van der Waals surface area contributed by atoms with E-state index < -0.39 is 11.7 Å². The Morgan fingerprint density at radius 1 is 1.28 bits per heavy atom. The summed E-state index contributed by atoms with van der Waals surface area (Å²) in [6.45, 7) is 0.681. The van der Waals surface area contributed by atoms with Gasteiger partial charge in [0.05, 0.1) is 5.56 Å². The lowest BCUT2D eigenvalue weighted by Crippen LogP contribution is -2.08. The molecule has 0 aliphatic rings. The van der Waals surface area contributed by atoms with Crippen LogP contribution in [-0.4, -0.2) is 18.6 Å². The molecule has 18 heavy (non-hydrogen) atoms. The molecule has 0 atom stereocenters. The monoisotopic (exact) mass is 341 g/mol. The van der Waals surface area contributed by atoms with Gasteiger partial charge in [-0.3, -0.25) is 0 Å². The van der Waals surface area contributed by atoms with Crippen molar-refractivity contribution in [2.24, 2.45) is 0 Å². The van der Waals surface area contributed by atoms with Crippen LogP contribution in [0.3, 0.4) is 0 Å². The molecule has 102 valence electrons. The average Bonchev–Trinajstić information content (AvgIpc) is 2.29. The molecule has 1 aromatic rings. The highest BCUT2D eigenvalue weighted by Gasteiger charge is 2.30. The van der Waals surface area contributed by atoms with Gasteiger partial charge in [0, 0.05) is 16.7 Å². The van der Waals surface area contributed by atoms with Crippen LogP contribution in [0.25, 0.3) is 0 Å². The van der Waals surface area contributed by atoms with E-state index >= 15 is 0 Å². The first kappa shape index (κ1) is 15.7. The average molecular weight is 342 g/mol. The first-order valence-electron chi connectivity index (χ1n) is 5.54. The Labute approximate surface area is 118 Å². The van der Waals surface area contributed by atoms with Crippen LogP contribution in [0, 0.1) is 0 Å². The van der Waals surface area contributed by atoms with Crippen molar-refractivity contribution in [3.63, 3.8) is 0 Å². The SMILES string of the molecule is CSCCCCNc1cc(C(F)(F)F)ccc1Br. The largest absolute Gasteiger partial charge is 0.416 e. The standard InChI is InChI=1S/C12H15BrF3NS/c1-18-7-3-2-6-17-11-8-9(12(14,15)16)4-5-10(11)13/h4-5,8,17H,2-3,6-7H2,1H3. The van der Waals surface area contributed by atoms with E-state index in [0.29, 0.717) is 16.7 Å². The van der Waals surface area contributed by atoms with Crippen LogP contribution < -0.4 is 5.32 Å². The minimum absolute atomic E-state index is 0.494. The van der Waals surface area contributed by atoms with E-state index in [9.17, 15) is 13.2 Å². The van der Waals surface area contributed by atoms with E-state index in [2.05, 4.69) is 21.2 Å². The molecule has 1 nitrogen and oxygen atoms in total. The summed E-state index contributed by atoms with van der Waals surface area (Å²) in [6, 6.07) is 3.63. The van der Waals surface area contributed by atoms with Gasteiger partial charge in [0.25, 0.3) is 0 Å². The summed E-state index contributed by atoms with van der Waals surface area (Å²) < 4.78 is 38.3. The van der Waals surface area contributed by atoms with E-state index in [-0.39, 0.29) is 0 Å². The molecule has 0 saturated carbocycles. The number of thioether (sulfide) groups is 1. The zero-order chi connectivity index (χ0) is 13.6. The van der Waals surface area contributed by atoms with E-state index in [1.165, 1.54) is 6.07 Å². The number of unbranched alkanes of at least 4 members (excludes halogenated alkanes) is 1. The van der Waals surface area contributed by atoms with Crippen LogP contribution in [0.15, 0.2) is 22.7 Å². The molecule has 6 heteroatoms. The molecule has 0 heterocycles. The molecule has 1 rings (SSSR count). The molecule has 0 amide bonds. The van der Waals surface area contributed by atoms with Crippen LogP contribution in [0.5, 0.6) is 0 Å². The van der Waals surface area contributed by atoms with Gasteiger partial charge in [-0.1, -0.05) is 0 Å². The maximum atomic E-state index is 12.5. The topological polar surface area (TPSA) is 12.0 Å². The van der Waals surface area contributed by atoms with Crippen molar-refractivity contribution in [1.29, 1.82) is 0 Å². The number of hydrogen-bond donors (Lipinski definition) is 1. The van der Waals surface area contributed by atoms with Crippen molar-refractivity contribution in [3.8, 4) is 0 Å². The van der Waals surface area contributed by atoms with Gasteiger partial charge in [0.15, 0.2) is 0 Å². The second kappa shape index (κ2) is 7.28. The lowest BCUT2D eigenvalue weighted by molar-refractivity contribution is -0.137. The first-order chi connectivity index (χ1) is 8.45. The molecule has 0 aromatic heterocycles. The number of benzene rings is 1. The zero-order valence-electron chi connectivity index (χ0n) is 9.98. The fourth-order valence-corrected chi connectivity index (χ4v) is 2.31. The Kier molecular flexibility index (Phi) is 6.35. The van der Waals surface area contributed by atoms with Gasteiger partial charge >= 0.3 is 6.18 Å². The molecule has 1 N–H and O–H groups in total. The fraction of sp³-hybridized carbons (Fsp3) is 0.500. The first-order valence-corrected chi connectivity index (χ1v) is 7.73. The molecule has 0 aliphatic carbocycles. The van der Waals surface area contributed by atoms with Crippen molar-refractivity contribution < 1.29 is 13.2 Å². The summed E-state index contributed by atoms with van der Waals surface area (Å²) in [7, 11) is 0. The third-order valence-electron chi connectivity index (χ3n) is 2.38. The molecule has 0 bridgehead atoms. The maximum absolute atomic E-state index is 12.5.